The Hall–Kier alpha value is -0.710. The molecule has 4 heteroatoms. The monoisotopic (exact) mass is 311 g/mol. The number of ether oxygens (including phenoxy) is 1. The predicted molar refractivity (Wildman–Crippen MR) is 92.1 cm³/mol. The Balaban J connectivity index is 2.77. The SMILES string of the molecule is CCNC(C)c1ccc(OCC)c(CSCC(C)CO)c1. The van der Waals surface area contributed by atoms with Gasteiger partial charge in [-0.25, -0.2) is 0 Å². The summed E-state index contributed by atoms with van der Waals surface area (Å²) < 4.78 is 5.73. The maximum absolute atomic E-state index is 9.10. The maximum atomic E-state index is 9.10. The second-order valence-electron chi connectivity index (χ2n) is 5.38. The lowest BCUT2D eigenvalue weighted by molar-refractivity contribution is 0.250. The Morgan fingerprint density at radius 1 is 1.29 bits per heavy atom. The molecule has 0 aliphatic rings. The van der Waals surface area contributed by atoms with Crippen LogP contribution in [0.4, 0.5) is 0 Å². The summed E-state index contributed by atoms with van der Waals surface area (Å²) in [4.78, 5) is 0. The third-order valence-corrected chi connectivity index (χ3v) is 4.69. The highest BCUT2D eigenvalue weighted by atomic mass is 32.2. The minimum Gasteiger partial charge on any atom is -0.494 e. The molecule has 2 atom stereocenters. The van der Waals surface area contributed by atoms with Crippen LogP contribution in [0.2, 0.25) is 0 Å². The van der Waals surface area contributed by atoms with Gasteiger partial charge in [0.05, 0.1) is 6.61 Å². The van der Waals surface area contributed by atoms with E-state index in [2.05, 4.69) is 44.3 Å². The van der Waals surface area contributed by atoms with Gasteiger partial charge in [0.15, 0.2) is 0 Å². The molecule has 0 bridgehead atoms. The van der Waals surface area contributed by atoms with Crippen LogP contribution in [0.1, 0.15) is 44.9 Å². The number of hydrogen-bond acceptors (Lipinski definition) is 4. The van der Waals surface area contributed by atoms with Gasteiger partial charge in [-0.2, -0.15) is 11.8 Å². The lowest BCUT2D eigenvalue weighted by Crippen LogP contribution is -2.17. The van der Waals surface area contributed by atoms with E-state index in [1.54, 1.807) is 0 Å². The third-order valence-electron chi connectivity index (χ3n) is 3.37. The van der Waals surface area contributed by atoms with Gasteiger partial charge < -0.3 is 15.2 Å². The van der Waals surface area contributed by atoms with Crippen molar-refractivity contribution in [2.24, 2.45) is 5.92 Å². The number of nitrogens with one attached hydrogen (secondary N) is 1. The largest absolute Gasteiger partial charge is 0.494 e. The first kappa shape index (κ1) is 18.3. The smallest absolute Gasteiger partial charge is 0.123 e. The zero-order valence-corrected chi connectivity index (χ0v) is 14.5. The number of hydrogen-bond donors (Lipinski definition) is 2. The molecule has 120 valence electrons. The van der Waals surface area contributed by atoms with Crippen molar-refractivity contribution in [1.29, 1.82) is 0 Å². The standard InChI is InChI=1S/C17H29NO2S/c1-5-18-14(4)15-7-8-17(20-6-2)16(9-15)12-21-11-13(3)10-19/h7-9,13-14,18-19H,5-6,10-12H2,1-4H3. The molecule has 1 rings (SSSR count). The Bertz CT molecular complexity index is 412. The van der Waals surface area contributed by atoms with E-state index >= 15 is 0 Å². The minimum absolute atomic E-state index is 0.253. The molecule has 0 saturated heterocycles. The highest BCUT2D eigenvalue weighted by molar-refractivity contribution is 7.98. The zero-order chi connectivity index (χ0) is 15.7. The zero-order valence-electron chi connectivity index (χ0n) is 13.7. The number of aliphatic hydroxyl groups is 1. The molecule has 3 nitrogen and oxygen atoms in total. The van der Waals surface area contributed by atoms with Crippen LogP contribution in [-0.2, 0) is 5.75 Å². The van der Waals surface area contributed by atoms with Gasteiger partial charge in [0.1, 0.15) is 5.75 Å². The van der Waals surface area contributed by atoms with Crippen LogP contribution in [0.3, 0.4) is 0 Å². The molecule has 0 spiro atoms. The van der Waals surface area contributed by atoms with Gasteiger partial charge in [0.25, 0.3) is 0 Å². The summed E-state index contributed by atoms with van der Waals surface area (Å²) in [6.45, 7) is 10.3. The molecule has 2 N–H and O–H groups in total. The van der Waals surface area contributed by atoms with Gasteiger partial charge in [0.2, 0.25) is 0 Å². The molecule has 0 aromatic heterocycles. The molecule has 1 aromatic rings. The average Bonchev–Trinajstić information content (AvgIpc) is 2.49. The van der Waals surface area contributed by atoms with Crippen LogP contribution in [0.15, 0.2) is 18.2 Å². The second kappa shape index (κ2) is 10.1. The van der Waals surface area contributed by atoms with Crippen LogP contribution >= 0.6 is 11.8 Å². The Kier molecular flexibility index (Phi) is 8.81. The van der Waals surface area contributed by atoms with E-state index < -0.39 is 0 Å². The molecule has 2 unspecified atom stereocenters. The fraction of sp³-hybridized carbons (Fsp3) is 0.647. The van der Waals surface area contributed by atoms with E-state index in [0.717, 1.165) is 23.8 Å². The molecule has 0 aliphatic heterocycles. The first-order valence-corrected chi connectivity index (χ1v) is 8.95. The molecule has 0 aliphatic carbocycles. The van der Waals surface area contributed by atoms with Gasteiger partial charge in [-0.3, -0.25) is 0 Å². The number of thioether (sulfide) groups is 1. The molecule has 0 fully saturated rings. The van der Waals surface area contributed by atoms with E-state index in [9.17, 15) is 0 Å². The summed E-state index contributed by atoms with van der Waals surface area (Å²) in [5, 5.41) is 12.5. The van der Waals surface area contributed by atoms with Crippen molar-refractivity contribution >= 4 is 11.8 Å². The summed E-state index contributed by atoms with van der Waals surface area (Å²) in [6, 6.07) is 6.82. The van der Waals surface area contributed by atoms with Crippen molar-refractivity contribution in [2.75, 3.05) is 25.5 Å². The van der Waals surface area contributed by atoms with E-state index in [4.69, 9.17) is 9.84 Å². The van der Waals surface area contributed by atoms with Crippen molar-refractivity contribution in [2.45, 2.75) is 39.5 Å². The molecule has 0 heterocycles. The maximum Gasteiger partial charge on any atom is 0.123 e. The number of aliphatic hydroxyl groups excluding tert-OH is 1. The van der Waals surface area contributed by atoms with Crippen LogP contribution < -0.4 is 10.1 Å². The third kappa shape index (κ3) is 6.29. The summed E-state index contributed by atoms with van der Waals surface area (Å²) in [7, 11) is 0. The summed E-state index contributed by atoms with van der Waals surface area (Å²) in [5.74, 6) is 3.21. The highest BCUT2D eigenvalue weighted by Gasteiger charge is 2.10. The van der Waals surface area contributed by atoms with Crippen molar-refractivity contribution in [1.82, 2.24) is 5.32 Å². The van der Waals surface area contributed by atoms with Crippen LogP contribution in [0, 0.1) is 5.92 Å². The predicted octanol–water partition coefficient (Wildman–Crippen LogP) is 3.62. The van der Waals surface area contributed by atoms with Crippen molar-refractivity contribution < 1.29 is 9.84 Å². The van der Waals surface area contributed by atoms with E-state index in [-0.39, 0.29) is 6.61 Å². The molecule has 0 saturated carbocycles. The van der Waals surface area contributed by atoms with Crippen molar-refractivity contribution in [3.8, 4) is 5.75 Å². The van der Waals surface area contributed by atoms with Gasteiger partial charge in [-0.05, 0) is 49.8 Å². The fourth-order valence-corrected chi connectivity index (χ4v) is 3.20. The summed E-state index contributed by atoms with van der Waals surface area (Å²) in [6.07, 6.45) is 0. The minimum atomic E-state index is 0.253. The fourth-order valence-electron chi connectivity index (χ4n) is 2.12. The van der Waals surface area contributed by atoms with Crippen LogP contribution in [0.25, 0.3) is 0 Å². The quantitative estimate of drug-likeness (QED) is 0.692. The van der Waals surface area contributed by atoms with Gasteiger partial charge in [0, 0.05) is 24.0 Å². The van der Waals surface area contributed by atoms with Gasteiger partial charge >= 0.3 is 0 Å². The Morgan fingerprint density at radius 2 is 2.05 bits per heavy atom. The topological polar surface area (TPSA) is 41.5 Å². The first-order valence-electron chi connectivity index (χ1n) is 7.79. The Morgan fingerprint density at radius 3 is 2.67 bits per heavy atom. The number of rotatable bonds is 10. The van der Waals surface area contributed by atoms with Crippen molar-refractivity contribution in [3.63, 3.8) is 0 Å². The Labute approximate surface area is 133 Å². The van der Waals surface area contributed by atoms with E-state index in [1.165, 1.54) is 11.1 Å². The van der Waals surface area contributed by atoms with Gasteiger partial charge in [-0.15, -0.1) is 0 Å². The van der Waals surface area contributed by atoms with Gasteiger partial charge in [-0.1, -0.05) is 19.9 Å². The van der Waals surface area contributed by atoms with Crippen LogP contribution in [0.5, 0.6) is 5.75 Å². The molecule has 0 amide bonds. The lowest BCUT2D eigenvalue weighted by Gasteiger charge is -2.17. The molecule has 1 aromatic carbocycles. The van der Waals surface area contributed by atoms with E-state index in [1.807, 2.05) is 18.7 Å². The average molecular weight is 311 g/mol. The molecular formula is C17H29NO2S. The molecule has 0 radical (unpaired) electrons. The lowest BCUT2D eigenvalue weighted by atomic mass is 10.0. The summed E-state index contributed by atoms with van der Waals surface area (Å²) in [5.41, 5.74) is 2.54. The normalized spacial score (nSPS) is 14.0. The van der Waals surface area contributed by atoms with E-state index in [0.29, 0.717) is 18.6 Å². The first-order chi connectivity index (χ1) is 10.1. The summed E-state index contributed by atoms with van der Waals surface area (Å²) >= 11 is 1.85. The van der Waals surface area contributed by atoms with Crippen LogP contribution in [-0.4, -0.2) is 30.6 Å². The second-order valence-corrected chi connectivity index (χ2v) is 6.41. The molecule has 21 heavy (non-hydrogen) atoms. The highest BCUT2D eigenvalue weighted by Crippen LogP contribution is 2.28. The molecular weight excluding hydrogens is 282 g/mol. The van der Waals surface area contributed by atoms with Crippen molar-refractivity contribution in [3.05, 3.63) is 29.3 Å². The number of benzene rings is 1.